The van der Waals surface area contributed by atoms with Crippen LogP contribution in [0.4, 0.5) is 11.4 Å². The Labute approximate surface area is 82.0 Å². The van der Waals surface area contributed by atoms with Gasteiger partial charge < -0.3 is 21.7 Å². The molecule has 0 aromatic heterocycles. The molecule has 1 aromatic rings. The van der Waals surface area contributed by atoms with Crippen LogP contribution in [0, 0.1) is 0 Å². The van der Waals surface area contributed by atoms with Gasteiger partial charge in [-0.05, 0) is 12.1 Å². The number of aromatic hydroxyl groups is 2. The van der Waals surface area contributed by atoms with Crippen LogP contribution in [0.5, 0.6) is 11.5 Å². The molecule has 0 aliphatic heterocycles. The molecule has 0 saturated carbocycles. The minimum absolute atomic E-state index is 0. The molecule has 0 bridgehead atoms. The number of hydrogen-bond acceptors (Lipinski definition) is 4. The van der Waals surface area contributed by atoms with Gasteiger partial charge in [0, 0.05) is 0 Å². The fraction of sp³-hybridized carbons (Fsp3) is 0. The molecule has 1 rings (SSSR count). The lowest BCUT2D eigenvalue weighted by Gasteiger charge is -2.03. The van der Waals surface area contributed by atoms with Crippen molar-refractivity contribution in [2.75, 3.05) is 11.5 Å². The maximum absolute atomic E-state index is 8.91. The van der Waals surface area contributed by atoms with Gasteiger partial charge in [-0.25, -0.2) is 0 Å². The van der Waals surface area contributed by atoms with Gasteiger partial charge in [0.1, 0.15) is 22.9 Å². The van der Waals surface area contributed by atoms with Gasteiger partial charge in [0.05, 0.1) is 0 Å². The Balaban J connectivity index is 0. The number of halogens is 2. The standard InChI is InChI=1S/C6H8N2O2.2ClH/c7-5-3(9)1-2-4(10)6(5)8;;/h1-2,9-10H,7-8H2;2*1H. The molecule has 0 spiro atoms. The summed E-state index contributed by atoms with van der Waals surface area (Å²) in [6, 6.07) is 2.56. The first-order valence-corrected chi connectivity index (χ1v) is 2.69. The Morgan fingerprint density at radius 1 is 0.833 bits per heavy atom. The van der Waals surface area contributed by atoms with E-state index in [2.05, 4.69) is 0 Å². The predicted octanol–water partition coefficient (Wildman–Crippen LogP) is 1.11. The summed E-state index contributed by atoms with van der Waals surface area (Å²) in [5.74, 6) is -0.231. The zero-order valence-corrected chi connectivity index (χ0v) is 7.65. The summed E-state index contributed by atoms with van der Waals surface area (Å²) in [6.45, 7) is 0. The molecular formula is C6H10Cl2N2O2. The molecule has 0 aliphatic carbocycles. The average molecular weight is 213 g/mol. The van der Waals surface area contributed by atoms with E-state index in [0.717, 1.165) is 0 Å². The van der Waals surface area contributed by atoms with Gasteiger partial charge in [0.25, 0.3) is 0 Å². The Morgan fingerprint density at radius 3 is 1.33 bits per heavy atom. The Morgan fingerprint density at radius 2 is 1.08 bits per heavy atom. The summed E-state index contributed by atoms with van der Waals surface area (Å²) in [6.07, 6.45) is 0. The van der Waals surface area contributed by atoms with Crippen LogP contribution in [0.2, 0.25) is 0 Å². The fourth-order valence-corrected chi connectivity index (χ4v) is 0.613. The Hall–Kier alpha value is -1.00. The maximum atomic E-state index is 8.91. The van der Waals surface area contributed by atoms with Gasteiger partial charge in [-0.1, -0.05) is 0 Å². The van der Waals surface area contributed by atoms with E-state index in [1.54, 1.807) is 0 Å². The number of anilines is 2. The number of nitrogen functional groups attached to an aromatic ring is 2. The van der Waals surface area contributed by atoms with E-state index >= 15 is 0 Å². The summed E-state index contributed by atoms with van der Waals surface area (Å²) < 4.78 is 0. The van der Waals surface area contributed by atoms with Crippen molar-refractivity contribution in [2.24, 2.45) is 0 Å². The van der Waals surface area contributed by atoms with E-state index in [0.29, 0.717) is 0 Å². The lowest BCUT2D eigenvalue weighted by Crippen LogP contribution is -1.94. The van der Waals surface area contributed by atoms with Crippen LogP contribution in [0.3, 0.4) is 0 Å². The smallest absolute Gasteiger partial charge is 0.140 e. The summed E-state index contributed by atoms with van der Waals surface area (Å²) in [5.41, 5.74) is 10.5. The van der Waals surface area contributed by atoms with Gasteiger partial charge in [-0.15, -0.1) is 24.8 Å². The highest BCUT2D eigenvalue weighted by Gasteiger charge is 2.04. The fourth-order valence-electron chi connectivity index (χ4n) is 0.613. The topological polar surface area (TPSA) is 92.5 Å². The van der Waals surface area contributed by atoms with Crippen LogP contribution < -0.4 is 11.5 Å². The van der Waals surface area contributed by atoms with Crippen molar-refractivity contribution in [3.63, 3.8) is 0 Å². The van der Waals surface area contributed by atoms with Crippen molar-refractivity contribution >= 4 is 36.2 Å². The Kier molecular flexibility index (Phi) is 5.42. The number of hydrogen-bond donors (Lipinski definition) is 4. The highest BCUT2D eigenvalue weighted by atomic mass is 35.5. The average Bonchev–Trinajstić information content (AvgIpc) is 1.93. The zero-order chi connectivity index (χ0) is 7.72. The van der Waals surface area contributed by atoms with Crippen LogP contribution in [0.25, 0.3) is 0 Å². The first-order chi connectivity index (χ1) is 4.63. The highest BCUT2D eigenvalue weighted by Crippen LogP contribution is 2.32. The molecule has 6 N–H and O–H groups in total. The second-order valence-corrected chi connectivity index (χ2v) is 1.93. The predicted molar refractivity (Wildman–Crippen MR) is 53.1 cm³/mol. The lowest BCUT2D eigenvalue weighted by molar-refractivity contribution is 0.464. The largest absolute Gasteiger partial charge is 0.506 e. The van der Waals surface area contributed by atoms with Gasteiger partial charge >= 0.3 is 0 Å². The van der Waals surface area contributed by atoms with Crippen molar-refractivity contribution in [2.45, 2.75) is 0 Å². The third-order valence-corrected chi connectivity index (χ3v) is 1.24. The van der Waals surface area contributed by atoms with Gasteiger partial charge in [0.2, 0.25) is 0 Å². The zero-order valence-electron chi connectivity index (χ0n) is 6.02. The number of nitrogens with two attached hydrogens (primary N) is 2. The molecule has 0 fully saturated rings. The summed E-state index contributed by atoms with van der Waals surface area (Å²) >= 11 is 0. The summed E-state index contributed by atoms with van der Waals surface area (Å²) in [4.78, 5) is 0. The number of phenolic OH excluding ortho intramolecular Hbond substituents is 2. The van der Waals surface area contributed by atoms with Gasteiger partial charge in [-0.2, -0.15) is 0 Å². The molecule has 70 valence electrons. The molecule has 0 amide bonds. The maximum Gasteiger partial charge on any atom is 0.140 e. The third kappa shape index (κ3) is 2.25. The van der Waals surface area contributed by atoms with Crippen LogP contribution in [0.1, 0.15) is 0 Å². The molecule has 12 heavy (non-hydrogen) atoms. The van der Waals surface area contributed by atoms with Crippen molar-refractivity contribution in [1.82, 2.24) is 0 Å². The minimum Gasteiger partial charge on any atom is -0.506 e. The monoisotopic (exact) mass is 212 g/mol. The van der Waals surface area contributed by atoms with E-state index in [1.165, 1.54) is 12.1 Å². The molecule has 0 unspecified atom stereocenters. The summed E-state index contributed by atoms with van der Waals surface area (Å²) in [5, 5.41) is 17.8. The van der Waals surface area contributed by atoms with E-state index < -0.39 is 0 Å². The van der Waals surface area contributed by atoms with E-state index in [9.17, 15) is 0 Å². The van der Waals surface area contributed by atoms with Crippen LogP contribution in [-0.4, -0.2) is 10.2 Å². The molecule has 0 atom stereocenters. The van der Waals surface area contributed by atoms with Crippen molar-refractivity contribution < 1.29 is 10.2 Å². The van der Waals surface area contributed by atoms with Gasteiger partial charge in [0.15, 0.2) is 0 Å². The van der Waals surface area contributed by atoms with Gasteiger partial charge in [-0.3, -0.25) is 0 Å². The molecule has 0 radical (unpaired) electrons. The van der Waals surface area contributed by atoms with Crippen LogP contribution in [0.15, 0.2) is 12.1 Å². The number of benzene rings is 1. The van der Waals surface area contributed by atoms with Crippen molar-refractivity contribution in [1.29, 1.82) is 0 Å². The molecular weight excluding hydrogens is 203 g/mol. The first kappa shape index (κ1) is 13.6. The number of phenols is 2. The quantitative estimate of drug-likeness (QED) is 0.295. The molecule has 1 aromatic carbocycles. The third-order valence-electron chi connectivity index (χ3n) is 1.24. The van der Waals surface area contributed by atoms with Crippen molar-refractivity contribution in [3.8, 4) is 11.5 Å². The van der Waals surface area contributed by atoms with E-state index in [-0.39, 0.29) is 47.7 Å². The number of rotatable bonds is 0. The van der Waals surface area contributed by atoms with Crippen LogP contribution in [-0.2, 0) is 0 Å². The molecule has 6 heteroatoms. The minimum atomic E-state index is -0.115. The summed E-state index contributed by atoms with van der Waals surface area (Å²) in [7, 11) is 0. The molecule has 0 heterocycles. The molecule has 0 aliphatic rings. The second kappa shape index (κ2) is 4.79. The Bertz CT molecular complexity index is 241. The first-order valence-electron chi connectivity index (χ1n) is 2.69. The normalized spacial score (nSPS) is 8.00. The van der Waals surface area contributed by atoms with E-state index in [4.69, 9.17) is 21.7 Å². The lowest BCUT2D eigenvalue weighted by atomic mass is 10.2. The second-order valence-electron chi connectivity index (χ2n) is 1.93. The molecule has 0 saturated heterocycles. The van der Waals surface area contributed by atoms with E-state index in [1.807, 2.05) is 0 Å². The SMILES string of the molecule is Cl.Cl.Nc1c(O)ccc(O)c1N. The highest BCUT2D eigenvalue weighted by molar-refractivity contribution is 5.85. The molecule has 4 nitrogen and oxygen atoms in total. The van der Waals surface area contributed by atoms with Crippen molar-refractivity contribution in [3.05, 3.63) is 12.1 Å². The van der Waals surface area contributed by atoms with Crippen LogP contribution >= 0.6 is 24.8 Å².